The van der Waals surface area contributed by atoms with Crippen LogP contribution >= 0.6 is 0 Å². The fourth-order valence-electron chi connectivity index (χ4n) is 4.49. The third kappa shape index (κ3) is 10.7. The molecule has 1 nitrogen and oxygen atoms in total. The van der Waals surface area contributed by atoms with Crippen molar-refractivity contribution in [2.24, 2.45) is 0 Å². The van der Waals surface area contributed by atoms with E-state index in [-0.39, 0.29) is 16.9 Å². The van der Waals surface area contributed by atoms with Gasteiger partial charge < -0.3 is 4.74 Å². The summed E-state index contributed by atoms with van der Waals surface area (Å²) in [4.78, 5) is 0. The molecule has 4 heteroatoms. The normalized spacial score (nSPS) is 11.2. The summed E-state index contributed by atoms with van der Waals surface area (Å²) in [5, 5.41) is 0. The van der Waals surface area contributed by atoms with Crippen molar-refractivity contribution in [1.29, 1.82) is 0 Å². The molecule has 0 amide bonds. The molecule has 0 N–H and O–H groups in total. The number of unbranched alkanes of at least 4 members (excludes halogenated alkanes) is 13. The summed E-state index contributed by atoms with van der Waals surface area (Å²) in [6.45, 7) is 4.77. The van der Waals surface area contributed by atoms with Crippen LogP contribution in [0.2, 0.25) is 0 Å². The van der Waals surface area contributed by atoms with Gasteiger partial charge in [0, 0.05) is 11.1 Å². The number of benzene rings is 2. The van der Waals surface area contributed by atoms with Gasteiger partial charge in [-0.1, -0.05) is 109 Å². The molecule has 0 bridgehead atoms. The minimum atomic E-state index is -1.06. The Morgan fingerprint density at radius 1 is 0.571 bits per heavy atom. The Hall–Kier alpha value is -1.97. The topological polar surface area (TPSA) is 9.23 Å². The van der Waals surface area contributed by atoms with Crippen LogP contribution in [0.4, 0.5) is 13.2 Å². The molecule has 196 valence electrons. The van der Waals surface area contributed by atoms with Crippen molar-refractivity contribution >= 4 is 0 Å². The molecule has 0 radical (unpaired) electrons. The van der Waals surface area contributed by atoms with E-state index in [0.717, 1.165) is 44.1 Å². The van der Waals surface area contributed by atoms with Gasteiger partial charge >= 0.3 is 0 Å². The van der Waals surface area contributed by atoms with E-state index in [0.29, 0.717) is 6.61 Å². The lowest BCUT2D eigenvalue weighted by Crippen LogP contribution is -2.02. The number of halogens is 3. The summed E-state index contributed by atoms with van der Waals surface area (Å²) >= 11 is 0. The number of rotatable bonds is 19. The van der Waals surface area contributed by atoms with Crippen LogP contribution in [-0.2, 0) is 6.42 Å². The van der Waals surface area contributed by atoms with Crippen LogP contribution in [0, 0.1) is 17.5 Å². The minimum absolute atomic E-state index is 0.0677. The molecule has 0 unspecified atom stereocenters. The lowest BCUT2D eigenvalue weighted by molar-refractivity contribution is 0.285. The standard InChI is InChI=1S/C31H45F3O/c1-3-5-7-9-11-13-15-17-23-35-29-22-21-27(30(33)31(29)34)26-20-19-25(24-28(26)32)18-16-14-12-10-8-6-4-2/h19-22,24H,3-18,23H2,1-2H3. The maximum atomic E-state index is 14.8. The summed E-state index contributed by atoms with van der Waals surface area (Å²) < 4.78 is 49.6. The second-order valence-corrected chi connectivity index (χ2v) is 9.75. The Balaban J connectivity index is 1.82. The predicted octanol–water partition coefficient (Wildman–Crippen LogP) is 10.6. The average molecular weight is 491 g/mol. The lowest BCUT2D eigenvalue weighted by atomic mass is 9.99. The Morgan fingerprint density at radius 2 is 1.11 bits per heavy atom. The lowest BCUT2D eigenvalue weighted by Gasteiger charge is -2.12. The van der Waals surface area contributed by atoms with E-state index in [2.05, 4.69) is 13.8 Å². The Labute approximate surface area is 211 Å². The minimum Gasteiger partial charge on any atom is -0.490 e. The summed E-state index contributed by atoms with van der Waals surface area (Å²) in [6.07, 6.45) is 18.5. The molecule has 0 spiro atoms. The first-order valence-electron chi connectivity index (χ1n) is 14.0. The van der Waals surface area contributed by atoms with Gasteiger partial charge in [-0.05, 0) is 43.0 Å². The second-order valence-electron chi connectivity index (χ2n) is 9.75. The highest BCUT2D eigenvalue weighted by molar-refractivity contribution is 5.66. The Kier molecular flexibility index (Phi) is 14.6. The zero-order valence-corrected chi connectivity index (χ0v) is 21.9. The molecule has 35 heavy (non-hydrogen) atoms. The van der Waals surface area contributed by atoms with Crippen LogP contribution in [-0.4, -0.2) is 6.61 Å². The molecular formula is C31H45F3O. The first-order chi connectivity index (χ1) is 17.1. The number of ether oxygens (including phenoxy) is 1. The van der Waals surface area contributed by atoms with Crippen LogP contribution < -0.4 is 4.74 Å². The third-order valence-electron chi connectivity index (χ3n) is 6.70. The largest absolute Gasteiger partial charge is 0.490 e. The molecule has 0 heterocycles. The molecule has 2 aromatic rings. The Morgan fingerprint density at radius 3 is 1.71 bits per heavy atom. The zero-order chi connectivity index (χ0) is 25.3. The molecule has 0 aliphatic rings. The van der Waals surface area contributed by atoms with Crippen molar-refractivity contribution < 1.29 is 17.9 Å². The van der Waals surface area contributed by atoms with Crippen molar-refractivity contribution in [2.75, 3.05) is 6.61 Å². The van der Waals surface area contributed by atoms with Gasteiger partial charge in [0.05, 0.1) is 6.61 Å². The monoisotopic (exact) mass is 490 g/mol. The summed E-state index contributed by atoms with van der Waals surface area (Å²) in [7, 11) is 0. The summed E-state index contributed by atoms with van der Waals surface area (Å²) in [5.74, 6) is -2.73. The maximum absolute atomic E-state index is 14.8. The molecule has 0 atom stereocenters. The van der Waals surface area contributed by atoms with E-state index in [1.54, 1.807) is 6.07 Å². The zero-order valence-electron chi connectivity index (χ0n) is 21.9. The quantitative estimate of drug-likeness (QED) is 0.178. The van der Waals surface area contributed by atoms with Crippen LogP contribution in [0.1, 0.15) is 116 Å². The molecule has 0 saturated carbocycles. The SMILES string of the molecule is CCCCCCCCCCOc1ccc(-c2ccc(CCCCCCCCC)cc2F)c(F)c1F. The van der Waals surface area contributed by atoms with Gasteiger partial charge in [0.25, 0.3) is 0 Å². The van der Waals surface area contributed by atoms with Crippen molar-refractivity contribution in [3.05, 3.63) is 53.3 Å². The van der Waals surface area contributed by atoms with Crippen molar-refractivity contribution in [1.82, 2.24) is 0 Å². The maximum Gasteiger partial charge on any atom is 0.201 e. The number of hydrogen-bond acceptors (Lipinski definition) is 1. The van der Waals surface area contributed by atoms with Gasteiger partial charge in [-0.3, -0.25) is 0 Å². The van der Waals surface area contributed by atoms with Crippen LogP contribution in [0.15, 0.2) is 30.3 Å². The van der Waals surface area contributed by atoms with Gasteiger partial charge in [-0.2, -0.15) is 4.39 Å². The van der Waals surface area contributed by atoms with Gasteiger partial charge in [-0.15, -0.1) is 0 Å². The molecule has 2 aromatic carbocycles. The van der Waals surface area contributed by atoms with Crippen molar-refractivity contribution in [2.45, 2.75) is 117 Å². The number of hydrogen-bond donors (Lipinski definition) is 0. The molecule has 0 aliphatic heterocycles. The average Bonchev–Trinajstić information content (AvgIpc) is 2.85. The summed E-state index contributed by atoms with van der Waals surface area (Å²) in [6, 6.07) is 7.65. The van der Waals surface area contributed by atoms with E-state index in [9.17, 15) is 13.2 Å². The highest BCUT2D eigenvalue weighted by Crippen LogP contribution is 2.32. The number of aryl methyl sites for hydroxylation is 1. The smallest absolute Gasteiger partial charge is 0.201 e. The van der Waals surface area contributed by atoms with E-state index in [4.69, 9.17) is 4.74 Å². The molecule has 0 saturated heterocycles. The first-order valence-corrected chi connectivity index (χ1v) is 14.0. The third-order valence-corrected chi connectivity index (χ3v) is 6.70. The highest BCUT2D eigenvalue weighted by Gasteiger charge is 2.18. The fraction of sp³-hybridized carbons (Fsp3) is 0.613. The summed E-state index contributed by atoms with van der Waals surface area (Å²) in [5.41, 5.74) is 0.909. The van der Waals surface area contributed by atoms with Gasteiger partial charge in [-0.25, -0.2) is 8.78 Å². The molecule has 0 aromatic heterocycles. The fourth-order valence-corrected chi connectivity index (χ4v) is 4.49. The van der Waals surface area contributed by atoms with Gasteiger partial charge in [0.15, 0.2) is 11.6 Å². The van der Waals surface area contributed by atoms with E-state index in [1.807, 2.05) is 6.07 Å². The van der Waals surface area contributed by atoms with E-state index < -0.39 is 17.5 Å². The van der Waals surface area contributed by atoms with Gasteiger partial charge in [0.2, 0.25) is 5.82 Å². The van der Waals surface area contributed by atoms with Crippen molar-refractivity contribution in [3.63, 3.8) is 0 Å². The highest BCUT2D eigenvalue weighted by atomic mass is 19.2. The van der Waals surface area contributed by atoms with Crippen LogP contribution in [0.25, 0.3) is 11.1 Å². The van der Waals surface area contributed by atoms with Gasteiger partial charge in [0.1, 0.15) is 5.82 Å². The Bertz CT molecular complexity index is 849. The molecular weight excluding hydrogens is 445 g/mol. The molecule has 0 fully saturated rings. The molecule has 0 aliphatic carbocycles. The van der Waals surface area contributed by atoms with E-state index in [1.165, 1.54) is 82.4 Å². The van der Waals surface area contributed by atoms with E-state index >= 15 is 0 Å². The van der Waals surface area contributed by atoms with Crippen molar-refractivity contribution in [3.8, 4) is 16.9 Å². The predicted molar refractivity (Wildman–Crippen MR) is 142 cm³/mol. The second kappa shape index (κ2) is 17.5. The van der Waals surface area contributed by atoms with Crippen LogP contribution in [0.5, 0.6) is 5.75 Å². The molecule has 2 rings (SSSR count). The van der Waals surface area contributed by atoms with Crippen LogP contribution in [0.3, 0.4) is 0 Å². The first kappa shape index (κ1) is 29.3.